The third-order valence-corrected chi connectivity index (χ3v) is 4.40. The highest BCUT2D eigenvalue weighted by molar-refractivity contribution is 5.81. The van der Waals surface area contributed by atoms with Crippen molar-refractivity contribution in [1.29, 1.82) is 0 Å². The van der Waals surface area contributed by atoms with Crippen molar-refractivity contribution in [3.63, 3.8) is 0 Å². The van der Waals surface area contributed by atoms with Gasteiger partial charge in [-0.3, -0.25) is 9.59 Å². The van der Waals surface area contributed by atoms with Crippen molar-refractivity contribution in [1.82, 2.24) is 9.58 Å². The normalized spacial score (nSPS) is 14.2. The fraction of sp³-hybridized carbons (Fsp3) is 0.350. The van der Waals surface area contributed by atoms with E-state index in [1.807, 2.05) is 0 Å². The number of pyridine rings is 1. The van der Waals surface area contributed by atoms with Crippen molar-refractivity contribution in [2.24, 2.45) is 5.10 Å². The average Bonchev–Trinajstić information content (AvgIpc) is 2.72. The number of aromatic nitrogens is 1. The van der Waals surface area contributed by atoms with Gasteiger partial charge in [-0.25, -0.2) is 0 Å². The van der Waals surface area contributed by atoms with E-state index < -0.39 is 0 Å². The molecule has 0 unspecified atom stereocenters. The molecule has 0 bridgehead atoms. The van der Waals surface area contributed by atoms with Gasteiger partial charge in [0.05, 0.1) is 26.5 Å². The number of carbonyl (C=O) groups is 1. The standard InChI is InChI=1S/C20H24N4O5/c1-14-9-18(21)24(19(25)10-14)22-12-15-3-4-16(17(11-15)27-2)29-13-20(26)23-5-7-28-8-6-23/h3-4,9-12H,5-8,13,21H2,1-2H3. The van der Waals surface area contributed by atoms with Crippen LogP contribution in [0.2, 0.25) is 0 Å². The van der Waals surface area contributed by atoms with E-state index in [1.165, 1.54) is 19.4 Å². The first-order chi connectivity index (χ1) is 14.0. The van der Waals surface area contributed by atoms with Crippen LogP contribution in [0.5, 0.6) is 11.5 Å². The predicted molar refractivity (Wildman–Crippen MR) is 109 cm³/mol. The molecule has 9 heteroatoms. The number of benzene rings is 1. The highest BCUT2D eigenvalue weighted by atomic mass is 16.5. The van der Waals surface area contributed by atoms with E-state index in [4.69, 9.17) is 19.9 Å². The Morgan fingerprint density at radius 1 is 1.24 bits per heavy atom. The van der Waals surface area contributed by atoms with Gasteiger partial charge in [0.25, 0.3) is 11.5 Å². The van der Waals surface area contributed by atoms with Gasteiger partial charge < -0.3 is 24.8 Å². The maximum Gasteiger partial charge on any atom is 0.273 e. The van der Waals surface area contributed by atoms with Gasteiger partial charge in [0.15, 0.2) is 18.1 Å². The van der Waals surface area contributed by atoms with Crippen molar-refractivity contribution >= 4 is 17.9 Å². The number of rotatable bonds is 6. The fourth-order valence-electron chi connectivity index (χ4n) is 2.89. The summed E-state index contributed by atoms with van der Waals surface area (Å²) in [6.07, 6.45) is 1.50. The molecule has 1 aliphatic rings. The van der Waals surface area contributed by atoms with Gasteiger partial charge in [-0.2, -0.15) is 9.78 Å². The van der Waals surface area contributed by atoms with Crippen LogP contribution in [0.25, 0.3) is 0 Å². The minimum atomic E-state index is -0.313. The van der Waals surface area contributed by atoms with Crippen molar-refractivity contribution in [3.05, 3.63) is 51.8 Å². The van der Waals surface area contributed by atoms with Gasteiger partial charge in [-0.05, 0) is 42.3 Å². The largest absolute Gasteiger partial charge is 0.493 e. The van der Waals surface area contributed by atoms with Gasteiger partial charge in [0.2, 0.25) is 0 Å². The Hall–Kier alpha value is -3.33. The summed E-state index contributed by atoms with van der Waals surface area (Å²) in [6, 6.07) is 8.26. The van der Waals surface area contributed by atoms with E-state index in [9.17, 15) is 9.59 Å². The molecule has 2 N–H and O–H groups in total. The number of nitrogen functional groups attached to an aromatic ring is 1. The number of nitrogens with zero attached hydrogens (tertiary/aromatic N) is 3. The molecular weight excluding hydrogens is 376 g/mol. The molecular formula is C20H24N4O5. The molecule has 1 aromatic heterocycles. The summed E-state index contributed by atoms with van der Waals surface area (Å²) in [5.74, 6) is 1.04. The van der Waals surface area contributed by atoms with Crippen LogP contribution < -0.4 is 20.8 Å². The molecule has 29 heavy (non-hydrogen) atoms. The summed E-state index contributed by atoms with van der Waals surface area (Å²) in [5.41, 5.74) is 7.00. The molecule has 3 rings (SSSR count). The Kier molecular flexibility index (Phi) is 6.50. The second-order valence-electron chi connectivity index (χ2n) is 6.54. The van der Waals surface area contributed by atoms with Gasteiger partial charge in [-0.1, -0.05) is 0 Å². The number of morpholine rings is 1. The zero-order valence-electron chi connectivity index (χ0n) is 16.5. The monoisotopic (exact) mass is 400 g/mol. The number of ether oxygens (including phenoxy) is 3. The van der Waals surface area contributed by atoms with Crippen molar-refractivity contribution in [3.8, 4) is 11.5 Å². The van der Waals surface area contributed by atoms with Crippen LogP contribution in [0, 0.1) is 6.92 Å². The van der Waals surface area contributed by atoms with Crippen LogP contribution in [0.15, 0.2) is 40.2 Å². The maximum absolute atomic E-state index is 12.2. The first kappa shape index (κ1) is 20.4. The van der Waals surface area contributed by atoms with Crippen LogP contribution in [0.1, 0.15) is 11.1 Å². The van der Waals surface area contributed by atoms with Crippen LogP contribution in [0.4, 0.5) is 5.82 Å². The van der Waals surface area contributed by atoms with Gasteiger partial charge in [0.1, 0.15) is 5.82 Å². The zero-order chi connectivity index (χ0) is 20.8. The molecule has 154 valence electrons. The van der Waals surface area contributed by atoms with Gasteiger partial charge >= 0.3 is 0 Å². The Morgan fingerprint density at radius 3 is 2.69 bits per heavy atom. The van der Waals surface area contributed by atoms with E-state index in [0.29, 0.717) is 43.4 Å². The molecule has 0 atom stereocenters. The van der Waals surface area contributed by atoms with Crippen molar-refractivity contribution in [2.75, 3.05) is 45.8 Å². The molecule has 1 aliphatic heterocycles. The Morgan fingerprint density at radius 2 is 2.00 bits per heavy atom. The summed E-state index contributed by atoms with van der Waals surface area (Å²) < 4.78 is 17.3. The number of hydrogen-bond acceptors (Lipinski definition) is 7. The number of nitrogens with two attached hydrogens (primary N) is 1. The molecule has 0 radical (unpaired) electrons. The van der Waals surface area contributed by atoms with Crippen LogP contribution in [-0.4, -0.2) is 61.7 Å². The lowest BCUT2D eigenvalue weighted by Gasteiger charge is -2.26. The number of hydrogen-bond donors (Lipinski definition) is 1. The summed E-state index contributed by atoms with van der Waals surface area (Å²) in [6.45, 7) is 3.92. The van der Waals surface area contributed by atoms with E-state index in [-0.39, 0.29) is 23.9 Å². The molecule has 0 saturated carbocycles. The van der Waals surface area contributed by atoms with Gasteiger partial charge in [0, 0.05) is 19.2 Å². The average molecular weight is 400 g/mol. The summed E-state index contributed by atoms with van der Waals surface area (Å²) in [7, 11) is 1.51. The van der Waals surface area contributed by atoms with E-state index in [1.54, 1.807) is 36.1 Å². The van der Waals surface area contributed by atoms with E-state index in [2.05, 4.69) is 5.10 Å². The summed E-state index contributed by atoms with van der Waals surface area (Å²) in [5, 5.41) is 4.14. The zero-order valence-corrected chi connectivity index (χ0v) is 16.5. The second kappa shape index (κ2) is 9.24. The number of amides is 1. The van der Waals surface area contributed by atoms with Crippen LogP contribution in [-0.2, 0) is 9.53 Å². The lowest BCUT2D eigenvalue weighted by Crippen LogP contribution is -2.43. The predicted octanol–water partition coefficient (Wildman–Crippen LogP) is 0.867. The lowest BCUT2D eigenvalue weighted by molar-refractivity contribution is -0.137. The highest BCUT2D eigenvalue weighted by Crippen LogP contribution is 2.27. The smallest absolute Gasteiger partial charge is 0.273 e. The minimum Gasteiger partial charge on any atom is -0.493 e. The first-order valence-electron chi connectivity index (χ1n) is 9.18. The van der Waals surface area contributed by atoms with Crippen molar-refractivity contribution in [2.45, 2.75) is 6.92 Å². The summed E-state index contributed by atoms with van der Waals surface area (Å²) in [4.78, 5) is 26.0. The maximum atomic E-state index is 12.2. The second-order valence-corrected chi connectivity index (χ2v) is 6.54. The number of aryl methyl sites for hydroxylation is 1. The molecule has 2 heterocycles. The van der Waals surface area contributed by atoms with Gasteiger partial charge in [-0.15, -0.1) is 0 Å². The van der Waals surface area contributed by atoms with Crippen LogP contribution in [0.3, 0.4) is 0 Å². The molecule has 0 spiro atoms. The third kappa shape index (κ3) is 5.14. The number of methoxy groups -OCH3 is 1. The number of carbonyl (C=O) groups excluding carboxylic acids is 1. The fourth-order valence-corrected chi connectivity index (χ4v) is 2.89. The molecule has 9 nitrogen and oxygen atoms in total. The Balaban J connectivity index is 1.70. The first-order valence-corrected chi connectivity index (χ1v) is 9.18. The molecule has 1 aromatic carbocycles. The number of anilines is 1. The lowest BCUT2D eigenvalue weighted by atomic mass is 10.2. The quantitative estimate of drug-likeness (QED) is 0.721. The highest BCUT2D eigenvalue weighted by Gasteiger charge is 2.18. The third-order valence-electron chi connectivity index (χ3n) is 4.40. The van der Waals surface area contributed by atoms with E-state index in [0.717, 1.165) is 10.2 Å². The van der Waals surface area contributed by atoms with Crippen LogP contribution >= 0.6 is 0 Å². The topological polar surface area (TPSA) is 108 Å². The molecule has 2 aromatic rings. The SMILES string of the molecule is COc1cc(C=Nn2c(N)cc(C)cc2=O)ccc1OCC(=O)N1CCOCC1. The minimum absolute atomic E-state index is 0.0842. The Bertz CT molecular complexity index is 964. The molecule has 0 aliphatic carbocycles. The molecule has 1 fully saturated rings. The summed E-state index contributed by atoms with van der Waals surface area (Å²) >= 11 is 0. The van der Waals surface area contributed by atoms with Crippen molar-refractivity contribution < 1.29 is 19.0 Å². The molecule has 1 amide bonds. The van der Waals surface area contributed by atoms with E-state index >= 15 is 0 Å². The Labute approximate surface area is 168 Å². The molecule has 1 saturated heterocycles.